The van der Waals surface area contributed by atoms with E-state index in [1.54, 1.807) is 0 Å². The molecule has 0 spiro atoms. The summed E-state index contributed by atoms with van der Waals surface area (Å²) in [5.74, 6) is 2.45. The molecule has 1 rings (SSSR count). The van der Waals surface area contributed by atoms with Crippen LogP contribution in [0.5, 0.6) is 0 Å². The van der Waals surface area contributed by atoms with Gasteiger partial charge in [-0.3, -0.25) is 0 Å². The minimum absolute atomic E-state index is 0.220. The van der Waals surface area contributed by atoms with E-state index >= 15 is 0 Å². The molecule has 6 nitrogen and oxygen atoms in total. The Hall–Kier alpha value is 0.761. The van der Waals surface area contributed by atoms with E-state index in [-0.39, 0.29) is 5.16 Å². The van der Waals surface area contributed by atoms with Crippen LogP contribution in [0.15, 0.2) is 0 Å². The molecule has 0 aromatic carbocycles. The van der Waals surface area contributed by atoms with Crippen LogP contribution in [0.25, 0.3) is 0 Å². The summed E-state index contributed by atoms with van der Waals surface area (Å²) in [5, 5.41) is 0.220. The van der Waals surface area contributed by atoms with Gasteiger partial charge in [0.05, 0.1) is 0 Å². The molecule has 0 atom stereocenters. The van der Waals surface area contributed by atoms with Gasteiger partial charge in [0.2, 0.25) is 0 Å². The summed E-state index contributed by atoms with van der Waals surface area (Å²) in [6.45, 7) is 18.7. The highest BCUT2D eigenvalue weighted by atomic mass is 32.2. The highest BCUT2D eigenvalue weighted by molar-refractivity contribution is 7.99. The lowest BCUT2D eigenvalue weighted by atomic mass is 10.0. The summed E-state index contributed by atoms with van der Waals surface area (Å²) in [6.07, 6.45) is 25.0. The fourth-order valence-corrected chi connectivity index (χ4v) is 32.2. The van der Waals surface area contributed by atoms with Crippen LogP contribution in [0.3, 0.4) is 0 Å². The third kappa shape index (κ3) is 17.1. The van der Waals surface area contributed by atoms with E-state index in [1.807, 2.05) is 0 Å². The molecule has 0 unspecified atom stereocenters. The van der Waals surface area contributed by atoms with Crippen LogP contribution < -0.4 is 0 Å². The molecule has 0 aliphatic carbocycles. The van der Waals surface area contributed by atoms with Crippen molar-refractivity contribution in [3.63, 3.8) is 0 Å². The lowest BCUT2D eigenvalue weighted by Gasteiger charge is -2.53. The van der Waals surface area contributed by atoms with E-state index in [1.165, 1.54) is 114 Å². The van der Waals surface area contributed by atoms with Gasteiger partial charge in [0.1, 0.15) is 0 Å². The van der Waals surface area contributed by atoms with Gasteiger partial charge in [-0.2, -0.15) is 11.8 Å². The van der Waals surface area contributed by atoms with E-state index in [0.717, 1.165) is 24.2 Å². The first-order valence-corrected chi connectivity index (χ1v) is 27.5. The summed E-state index contributed by atoms with van der Waals surface area (Å²) in [5.41, 5.74) is 1.63. The Kier molecular flexibility index (Phi) is 27.7. The molecule has 0 N–H and O–H groups in total. The average Bonchev–Trinajstić information content (AvgIpc) is 3.02. The van der Waals surface area contributed by atoms with E-state index < -0.39 is 25.7 Å². The number of unbranched alkanes of at least 4 members (excludes halogenated alkanes) is 15. The van der Waals surface area contributed by atoms with Crippen molar-refractivity contribution in [1.29, 1.82) is 0 Å². The second-order valence-electron chi connectivity index (χ2n) is 13.1. The lowest BCUT2D eigenvalue weighted by molar-refractivity contribution is 0.126. The first-order chi connectivity index (χ1) is 22.5. The zero-order valence-corrected chi connectivity index (χ0v) is 35.6. The molecule has 1 aliphatic heterocycles. The molecule has 1 fully saturated rings. The molecule has 0 amide bonds. The number of hydrogen-bond donors (Lipinski definition) is 0. The van der Waals surface area contributed by atoms with E-state index in [2.05, 4.69) is 60.2 Å². The van der Waals surface area contributed by atoms with Crippen LogP contribution in [-0.4, -0.2) is 76.8 Å². The summed E-state index contributed by atoms with van der Waals surface area (Å²) in [6, 6.07) is 0. The minimum atomic E-state index is -2.73. The van der Waals surface area contributed by atoms with Gasteiger partial charge >= 0.3 is 25.7 Å². The van der Waals surface area contributed by atoms with Crippen LogP contribution >= 0.6 is 11.8 Å². The van der Waals surface area contributed by atoms with E-state index in [4.69, 9.17) is 26.6 Å². The molecule has 10 heteroatoms. The molecular weight excluding hydrogens is 645 g/mol. The Balaban J connectivity index is 2.48. The summed E-state index contributed by atoms with van der Waals surface area (Å²) in [4.78, 5) is 0. The molecule has 1 heterocycles. The van der Waals surface area contributed by atoms with Gasteiger partial charge in [0.25, 0.3) is 0 Å². The van der Waals surface area contributed by atoms with Crippen molar-refractivity contribution in [3.8, 4) is 0 Å². The smallest absolute Gasteiger partial charge is 0.345 e. The van der Waals surface area contributed by atoms with Gasteiger partial charge in [-0.05, 0) is 72.3 Å². The fraction of sp³-hybridized carbons (Fsp3) is 1.00. The van der Waals surface area contributed by atoms with Crippen molar-refractivity contribution < 1.29 is 26.6 Å². The number of hydrogen-bond acceptors (Lipinski definition) is 7. The summed E-state index contributed by atoms with van der Waals surface area (Å²) < 4.78 is 40.2. The molecule has 1 aliphatic rings. The Morgan fingerprint density at radius 1 is 0.413 bits per heavy atom. The zero-order valence-electron chi connectivity index (χ0n) is 31.7. The Morgan fingerprint density at radius 3 is 1.09 bits per heavy atom. The topological polar surface area (TPSA) is 55.4 Å². The minimum Gasteiger partial charge on any atom is -0.395 e. The third-order valence-corrected chi connectivity index (χ3v) is 28.9. The van der Waals surface area contributed by atoms with E-state index in [9.17, 15) is 0 Å². The maximum atomic E-state index is 6.77. The van der Waals surface area contributed by atoms with Crippen LogP contribution in [0.1, 0.15) is 164 Å². The summed E-state index contributed by atoms with van der Waals surface area (Å²) >= 11 is 2.13. The first kappa shape index (κ1) is 44.8. The molecule has 0 aromatic heterocycles. The Labute approximate surface area is 294 Å². The van der Waals surface area contributed by atoms with Gasteiger partial charge in [0, 0.05) is 56.1 Å². The molecule has 1 saturated heterocycles. The average molecular weight is 723 g/mol. The van der Waals surface area contributed by atoms with E-state index in [0.29, 0.717) is 39.6 Å². The second-order valence-corrected chi connectivity index (χ2v) is 25.9. The van der Waals surface area contributed by atoms with Crippen LogP contribution in [0.4, 0.5) is 0 Å². The quantitative estimate of drug-likeness (QED) is 0.0494. The highest BCUT2D eigenvalue weighted by Crippen LogP contribution is 2.52. The molecule has 0 aromatic rings. The van der Waals surface area contributed by atoms with Gasteiger partial charge in [-0.25, -0.2) is 0 Å². The maximum absolute atomic E-state index is 6.77. The maximum Gasteiger partial charge on any atom is 0.345 e. The third-order valence-electron chi connectivity index (χ3n) is 9.39. The van der Waals surface area contributed by atoms with Crippen molar-refractivity contribution in [2.24, 2.45) is 0 Å². The molecule has 0 bridgehead atoms. The van der Waals surface area contributed by atoms with Crippen molar-refractivity contribution in [1.82, 2.24) is 0 Å². The normalized spacial score (nSPS) is 17.5. The summed E-state index contributed by atoms with van der Waals surface area (Å²) in [7, 11) is -8.09. The molecule has 276 valence electrons. The molecular formula is C36H78O6SSi3. The van der Waals surface area contributed by atoms with Gasteiger partial charge in [0.15, 0.2) is 0 Å². The Morgan fingerprint density at radius 2 is 0.739 bits per heavy atom. The fourth-order valence-electron chi connectivity index (χ4n) is 7.52. The highest BCUT2D eigenvalue weighted by Gasteiger charge is 2.71. The van der Waals surface area contributed by atoms with Gasteiger partial charge in [-0.15, -0.1) is 0 Å². The SMILES string of the molecule is CCCCCCCCCCCCCCCCCCSCCCC1[Si](OCC)(OCC)C[Si](OCC)(OCC)C[Si]1(OCC)OCC. The lowest BCUT2D eigenvalue weighted by Crippen LogP contribution is -2.72. The van der Waals surface area contributed by atoms with Gasteiger partial charge in [-0.1, -0.05) is 103 Å². The number of thioether (sulfide) groups is 1. The largest absolute Gasteiger partial charge is 0.395 e. The van der Waals surface area contributed by atoms with Crippen LogP contribution in [0.2, 0.25) is 16.5 Å². The standard InChI is InChI=1S/C36H78O6SSi3/c1-8-15-16-17-18-19-20-21-22-23-24-25-26-27-28-29-32-43-33-30-31-36-45(39-11-4,40-12-5)34-44(37-9-2,38-10-3)35-46(36,41-13-6)42-14-7/h36H,8-35H2,1-7H3. The zero-order chi connectivity index (χ0) is 33.8. The first-order valence-electron chi connectivity index (χ1n) is 19.9. The van der Waals surface area contributed by atoms with Crippen molar-refractivity contribution >= 4 is 37.4 Å². The van der Waals surface area contributed by atoms with Crippen LogP contribution in [-0.2, 0) is 26.6 Å². The molecule has 0 saturated carbocycles. The predicted molar refractivity (Wildman–Crippen MR) is 206 cm³/mol. The predicted octanol–water partition coefficient (Wildman–Crippen LogP) is 11.3. The Bertz CT molecular complexity index is 646. The molecule has 0 radical (unpaired) electrons. The molecule has 46 heavy (non-hydrogen) atoms. The number of rotatable bonds is 33. The van der Waals surface area contributed by atoms with Crippen LogP contribution in [0, 0.1) is 0 Å². The monoisotopic (exact) mass is 722 g/mol. The second kappa shape index (κ2) is 28.5. The van der Waals surface area contributed by atoms with Crippen molar-refractivity contribution in [3.05, 3.63) is 0 Å². The van der Waals surface area contributed by atoms with Crippen molar-refractivity contribution in [2.45, 2.75) is 181 Å². The van der Waals surface area contributed by atoms with Crippen molar-refractivity contribution in [2.75, 3.05) is 51.1 Å². The van der Waals surface area contributed by atoms with Gasteiger partial charge < -0.3 is 26.6 Å².